The number of amides is 1. The number of aromatic nitrogens is 2. The topological polar surface area (TPSA) is 67.8 Å². The van der Waals surface area contributed by atoms with Gasteiger partial charge in [-0.25, -0.2) is 0 Å². The SMILES string of the molecule is COc1ccc(-c2ccc(N3CCN(C(=O)C(C)Oc4cc(C)cc(C)c4)CC3)nn2)cc1. The number of ether oxygens (including phenoxy) is 2. The van der Waals surface area contributed by atoms with Crippen LogP contribution in [-0.2, 0) is 4.79 Å². The summed E-state index contributed by atoms with van der Waals surface area (Å²) in [5.74, 6) is 2.37. The van der Waals surface area contributed by atoms with Crippen molar-refractivity contribution >= 4 is 11.7 Å². The molecule has 0 bridgehead atoms. The van der Waals surface area contributed by atoms with E-state index in [-0.39, 0.29) is 5.91 Å². The smallest absolute Gasteiger partial charge is 0.263 e. The molecule has 0 spiro atoms. The van der Waals surface area contributed by atoms with E-state index in [0.717, 1.165) is 39.7 Å². The summed E-state index contributed by atoms with van der Waals surface area (Å²) >= 11 is 0. The van der Waals surface area contributed by atoms with Gasteiger partial charge >= 0.3 is 0 Å². The molecule has 1 aliphatic heterocycles. The lowest BCUT2D eigenvalue weighted by atomic mass is 10.1. The number of piperazine rings is 1. The molecule has 1 aromatic heterocycles. The van der Waals surface area contributed by atoms with Crippen LogP contribution in [0.15, 0.2) is 54.6 Å². The summed E-state index contributed by atoms with van der Waals surface area (Å²) in [7, 11) is 1.65. The van der Waals surface area contributed by atoms with Gasteiger partial charge in [-0.3, -0.25) is 4.79 Å². The molecule has 1 fully saturated rings. The van der Waals surface area contributed by atoms with Crippen LogP contribution in [0, 0.1) is 13.8 Å². The lowest BCUT2D eigenvalue weighted by molar-refractivity contribution is -0.138. The number of carbonyl (C=O) groups is 1. The minimum absolute atomic E-state index is 0.00903. The number of aryl methyl sites for hydroxylation is 2. The first-order valence-electron chi connectivity index (χ1n) is 11.2. The molecule has 172 valence electrons. The van der Waals surface area contributed by atoms with Crippen molar-refractivity contribution in [2.75, 3.05) is 38.2 Å². The van der Waals surface area contributed by atoms with Crippen molar-refractivity contribution < 1.29 is 14.3 Å². The van der Waals surface area contributed by atoms with Crippen molar-refractivity contribution in [2.24, 2.45) is 0 Å². The van der Waals surface area contributed by atoms with Crippen LogP contribution in [-0.4, -0.2) is 60.4 Å². The number of methoxy groups -OCH3 is 1. The number of carbonyl (C=O) groups excluding carboxylic acids is 1. The molecule has 3 aromatic rings. The van der Waals surface area contributed by atoms with E-state index in [4.69, 9.17) is 9.47 Å². The minimum atomic E-state index is -0.527. The van der Waals surface area contributed by atoms with Crippen LogP contribution in [0.5, 0.6) is 11.5 Å². The van der Waals surface area contributed by atoms with Crippen LogP contribution in [0.4, 0.5) is 5.82 Å². The first-order valence-corrected chi connectivity index (χ1v) is 11.2. The number of hydrogen-bond acceptors (Lipinski definition) is 6. The average Bonchev–Trinajstić information content (AvgIpc) is 2.83. The molecule has 4 rings (SSSR count). The summed E-state index contributed by atoms with van der Waals surface area (Å²) in [5.41, 5.74) is 4.05. The molecule has 1 amide bonds. The van der Waals surface area contributed by atoms with Gasteiger partial charge in [-0.2, -0.15) is 0 Å². The molecule has 0 aliphatic carbocycles. The Kier molecular flexibility index (Phi) is 6.77. The zero-order chi connectivity index (χ0) is 23.4. The molecule has 1 unspecified atom stereocenters. The summed E-state index contributed by atoms with van der Waals surface area (Å²) in [6, 6.07) is 17.7. The summed E-state index contributed by atoms with van der Waals surface area (Å²) in [6.45, 7) is 8.53. The van der Waals surface area contributed by atoms with Crippen LogP contribution in [0.25, 0.3) is 11.3 Å². The number of benzene rings is 2. The summed E-state index contributed by atoms with van der Waals surface area (Å²) in [5, 5.41) is 8.81. The van der Waals surface area contributed by atoms with E-state index in [1.807, 2.05) is 74.2 Å². The first kappa shape index (κ1) is 22.6. The Morgan fingerprint density at radius 3 is 2.12 bits per heavy atom. The van der Waals surface area contributed by atoms with Crippen LogP contribution in [0.3, 0.4) is 0 Å². The van der Waals surface area contributed by atoms with Gasteiger partial charge in [0.25, 0.3) is 5.91 Å². The molecule has 1 saturated heterocycles. The van der Waals surface area contributed by atoms with Gasteiger partial charge in [-0.1, -0.05) is 6.07 Å². The molecule has 0 saturated carbocycles. The molecule has 1 aliphatic rings. The van der Waals surface area contributed by atoms with Crippen molar-refractivity contribution in [3.8, 4) is 22.8 Å². The van der Waals surface area contributed by atoms with Crippen LogP contribution in [0.2, 0.25) is 0 Å². The number of anilines is 1. The lowest BCUT2D eigenvalue weighted by Crippen LogP contribution is -2.52. The Labute approximate surface area is 195 Å². The highest BCUT2D eigenvalue weighted by Crippen LogP contribution is 2.22. The van der Waals surface area contributed by atoms with Gasteiger partial charge in [0, 0.05) is 31.7 Å². The molecular formula is C26H30N4O3. The molecular weight excluding hydrogens is 416 g/mol. The van der Waals surface area contributed by atoms with Gasteiger partial charge in [0.1, 0.15) is 11.5 Å². The van der Waals surface area contributed by atoms with E-state index in [1.165, 1.54) is 0 Å². The van der Waals surface area contributed by atoms with E-state index in [2.05, 4.69) is 21.2 Å². The number of nitrogens with zero attached hydrogens (tertiary/aromatic N) is 4. The quantitative estimate of drug-likeness (QED) is 0.572. The van der Waals surface area contributed by atoms with Gasteiger partial charge in [0.05, 0.1) is 12.8 Å². The van der Waals surface area contributed by atoms with E-state index < -0.39 is 6.10 Å². The van der Waals surface area contributed by atoms with Gasteiger partial charge in [-0.15, -0.1) is 10.2 Å². The molecule has 2 aromatic carbocycles. The van der Waals surface area contributed by atoms with E-state index in [9.17, 15) is 4.79 Å². The van der Waals surface area contributed by atoms with Gasteiger partial charge in [-0.05, 0) is 80.4 Å². The Bertz CT molecular complexity index is 1070. The fourth-order valence-electron chi connectivity index (χ4n) is 4.08. The molecule has 0 N–H and O–H groups in total. The highest BCUT2D eigenvalue weighted by molar-refractivity contribution is 5.81. The Morgan fingerprint density at radius 1 is 0.879 bits per heavy atom. The second-order valence-corrected chi connectivity index (χ2v) is 8.40. The predicted octanol–water partition coefficient (Wildman–Crippen LogP) is 3.89. The van der Waals surface area contributed by atoms with Crippen molar-refractivity contribution in [2.45, 2.75) is 26.9 Å². The second-order valence-electron chi connectivity index (χ2n) is 8.40. The van der Waals surface area contributed by atoms with Crippen molar-refractivity contribution in [1.29, 1.82) is 0 Å². The van der Waals surface area contributed by atoms with Gasteiger partial charge < -0.3 is 19.3 Å². The van der Waals surface area contributed by atoms with Crippen LogP contribution >= 0.6 is 0 Å². The predicted molar refractivity (Wildman–Crippen MR) is 129 cm³/mol. The second kappa shape index (κ2) is 9.90. The third-order valence-electron chi connectivity index (χ3n) is 5.81. The third-order valence-corrected chi connectivity index (χ3v) is 5.81. The zero-order valence-corrected chi connectivity index (χ0v) is 19.6. The zero-order valence-electron chi connectivity index (χ0n) is 19.6. The van der Waals surface area contributed by atoms with E-state index >= 15 is 0 Å². The van der Waals surface area contributed by atoms with Crippen molar-refractivity contribution in [3.05, 3.63) is 65.7 Å². The average molecular weight is 447 g/mol. The molecule has 7 heteroatoms. The van der Waals surface area contributed by atoms with Gasteiger partial charge in [0.2, 0.25) is 0 Å². The summed E-state index contributed by atoms with van der Waals surface area (Å²) < 4.78 is 11.1. The van der Waals surface area contributed by atoms with E-state index in [1.54, 1.807) is 7.11 Å². The van der Waals surface area contributed by atoms with Crippen LogP contribution in [0.1, 0.15) is 18.1 Å². The molecule has 33 heavy (non-hydrogen) atoms. The molecule has 2 heterocycles. The number of hydrogen-bond donors (Lipinski definition) is 0. The van der Waals surface area contributed by atoms with Crippen molar-refractivity contribution in [1.82, 2.24) is 15.1 Å². The fourth-order valence-corrected chi connectivity index (χ4v) is 4.08. The Balaban J connectivity index is 1.32. The first-order chi connectivity index (χ1) is 15.9. The minimum Gasteiger partial charge on any atom is -0.497 e. The summed E-state index contributed by atoms with van der Waals surface area (Å²) in [4.78, 5) is 16.9. The monoisotopic (exact) mass is 446 g/mol. The summed E-state index contributed by atoms with van der Waals surface area (Å²) in [6.07, 6.45) is -0.527. The van der Waals surface area contributed by atoms with Gasteiger partial charge in [0.15, 0.2) is 11.9 Å². The maximum atomic E-state index is 12.9. The molecule has 7 nitrogen and oxygen atoms in total. The Morgan fingerprint density at radius 2 is 1.55 bits per heavy atom. The molecule has 0 radical (unpaired) electrons. The fraction of sp³-hybridized carbons (Fsp3) is 0.346. The maximum absolute atomic E-state index is 12.9. The Hall–Kier alpha value is -3.61. The highest BCUT2D eigenvalue weighted by atomic mass is 16.5. The lowest BCUT2D eigenvalue weighted by Gasteiger charge is -2.36. The normalized spacial score (nSPS) is 14.7. The number of rotatable bonds is 6. The van der Waals surface area contributed by atoms with Crippen molar-refractivity contribution in [3.63, 3.8) is 0 Å². The highest BCUT2D eigenvalue weighted by Gasteiger charge is 2.26. The van der Waals surface area contributed by atoms with E-state index in [0.29, 0.717) is 26.2 Å². The maximum Gasteiger partial charge on any atom is 0.263 e. The molecule has 1 atom stereocenters. The standard InChI is InChI=1S/C26H30N4O3/c1-18-15-19(2)17-23(16-18)33-20(3)26(31)30-13-11-29(12-14-30)25-10-9-24(27-28-25)21-5-7-22(32-4)8-6-21/h5-10,15-17,20H,11-14H2,1-4H3. The largest absolute Gasteiger partial charge is 0.497 e. The third kappa shape index (κ3) is 5.42. The van der Waals surface area contributed by atoms with Crippen LogP contribution < -0.4 is 14.4 Å².